The Balaban J connectivity index is 1.80. The number of benzene rings is 1. The number of nitrogens with two attached hydrogens (primary N) is 1. The fraction of sp³-hybridized carbons (Fsp3) is 0.500. The second-order valence-corrected chi connectivity index (χ2v) is 11.5. The predicted octanol–water partition coefficient (Wildman–Crippen LogP) is 3.68. The molecule has 1 aromatic heterocycles. The van der Waals surface area contributed by atoms with Crippen LogP contribution in [0, 0.1) is 0 Å². The van der Waals surface area contributed by atoms with E-state index in [2.05, 4.69) is 17.1 Å². The first kappa shape index (κ1) is 26.3. The van der Waals surface area contributed by atoms with Crippen molar-refractivity contribution < 1.29 is 18.0 Å². The lowest BCUT2D eigenvalue weighted by atomic mass is 10.0. The zero-order valence-corrected chi connectivity index (χ0v) is 21.7. The standard InChI is InChI=1S/C24H34N4O4S2/c1-4-7-14-28(6-3)34(31,32)18-10-8-17(9-11-18)23(30)26-24-21(22(25)29)19-12-15-27(13-5-2)16-20(19)33-24/h8-11H,4-7,12-16H2,1-3H3,(H2,25,29)(H,26,30). The van der Waals surface area contributed by atoms with E-state index in [1.54, 1.807) is 0 Å². The van der Waals surface area contributed by atoms with Crippen molar-refractivity contribution in [2.45, 2.75) is 57.9 Å². The van der Waals surface area contributed by atoms with Gasteiger partial charge in [-0.2, -0.15) is 4.31 Å². The van der Waals surface area contributed by atoms with E-state index in [1.807, 2.05) is 13.8 Å². The molecule has 0 spiro atoms. The van der Waals surface area contributed by atoms with Gasteiger partial charge in [-0.3, -0.25) is 14.5 Å². The Kier molecular flexibility index (Phi) is 8.86. The third kappa shape index (κ3) is 5.68. The monoisotopic (exact) mass is 506 g/mol. The molecular weight excluding hydrogens is 472 g/mol. The molecule has 1 aliphatic heterocycles. The Morgan fingerprint density at radius 2 is 1.85 bits per heavy atom. The van der Waals surface area contributed by atoms with Crippen molar-refractivity contribution >= 4 is 38.2 Å². The van der Waals surface area contributed by atoms with Crippen LogP contribution < -0.4 is 11.1 Å². The van der Waals surface area contributed by atoms with Crippen molar-refractivity contribution in [3.63, 3.8) is 0 Å². The normalized spacial score (nSPS) is 14.2. The lowest BCUT2D eigenvalue weighted by Gasteiger charge is -2.26. The third-order valence-electron chi connectivity index (χ3n) is 6.02. The number of carbonyl (C=O) groups is 2. The van der Waals surface area contributed by atoms with E-state index in [0.29, 0.717) is 29.2 Å². The van der Waals surface area contributed by atoms with Gasteiger partial charge in [0.2, 0.25) is 10.0 Å². The molecule has 186 valence electrons. The van der Waals surface area contributed by atoms with Crippen LogP contribution in [-0.4, -0.2) is 55.6 Å². The minimum absolute atomic E-state index is 0.155. The number of amides is 2. The Morgan fingerprint density at radius 1 is 1.15 bits per heavy atom. The Hall–Kier alpha value is -2.27. The fourth-order valence-corrected chi connectivity index (χ4v) is 6.98. The van der Waals surface area contributed by atoms with Gasteiger partial charge in [-0.05, 0) is 55.6 Å². The van der Waals surface area contributed by atoms with Crippen LogP contribution in [0.3, 0.4) is 0 Å². The second-order valence-electron chi connectivity index (χ2n) is 8.43. The maximum absolute atomic E-state index is 12.9. The van der Waals surface area contributed by atoms with Crippen LogP contribution in [0.4, 0.5) is 5.00 Å². The molecule has 0 radical (unpaired) electrons. The highest BCUT2D eigenvalue weighted by molar-refractivity contribution is 7.89. The van der Waals surface area contributed by atoms with Crippen molar-refractivity contribution in [3.8, 4) is 0 Å². The Morgan fingerprint density at radius 3 is 2.44 bits per heavy atom. The zero-order valence-electron chi connectivity index (χ0n) is 20.1. The van der Waals surface area contributed by atoms with Gasteiger partial charge >= 0.3 is 0 Å². The number of carbonyl (C=O) groups excluding carboxylic acids is 2. The van der Waals surface area contributed by atoms with Crippen LogP contribution in [0.5, 0.6) is 0 Å². The molecule has 1 aliphatic rings. The number of nitrogens with one attached hydrogen (secondary N) is 1. The number of rotatable bonds is 11. The molecule has 8 nitrogen and oxygen atoms in total. The van der Waals surface area contributed by atoms with Crippen LogP contribution in [0.15, 0.2) is 29.2 Å². The molecule has 0 saturated heterocycles. The molecule has 1 aromatic carbocycles. The summed E-state index contributed by atoms with van der Waals surface area (Å²) in [6.07, 6.45) is 3.46. The molecule has 10 heteroatoms. The van der Waals surface area contributed by atoms with E-state index in [1.165, 1.54) is 39.9 Å². The molecule has 0 saturated carbocycles. The quantitative estimate of drug-likeness (QED) is 0.483. The molecule has 0 fully saturated rings. The van der Waals surface area contributed by atoms with E-state index in [4.69, 9.17) is 5.73 Å². The summed E-state index contributed by atoms with van der Waals surface area (Å²) in [5.41, 5.74) is 7.29. The van der Waals surface area contributed by atoms with E-state index in [-0.39, 0.29) is 4.90 Å². The number of fused-ring (bicyclic) bond motifs is 1. The molecule has 0 aliphatic carbocycles. The number of sulfonamides is 1. The SMILES string of the molecule is CCCCN(CC)S(=O)(=O)c1ccc(C(=O)Nc2sc3c(c2C(N)=O)CCN(CCC)C3)cc1. The highest BCUT2D eigenvalue weighted by Crippen LogP contribution is 2.37. The average Bonchev–Trinajstić information content (AvgIpc) is 3.17. The number of hydrogen-bond acceptors (Lipinski definition) is 6. The van der Waals surface area contributed by atoms with Gasteiger partial charge in [-0.1, -0.05) is 27.2 Å². The van der Waals surface area contributed by atoms with Gasteiger partial charge in [-0.25, -0.2) is 8.42 Å². The maximum Gasteiger partial charge on any atom is 0.256 e. The van der Waals surface area contributed by atoms with Gasteiger partial charge in [0.15, 0.2) is 0 Å². The maximum atomic E-state index is 12.9. The molecule has 0 bridgehead atoms. The molecule has 0 unspecified atom stereocenters. The predicted molar refractivity (Wildman–Crippen MR) is 136 cm³/mol. The molecule has 3 rings (SSSR count). The Bertz CT molecular complexity index is 1130. The molecule has 2 amide bonds. The first-order valence-electron chi connectivity index (χ1n) is 11.8. The van der Waals surface area contributed by atoms with Gasteiger partial charge < -0.3 is 11.1 Å². The van der Waals surface area contributed by atoms with E-state index in [9.17, 15) is 18.0 Å². The molecule has 0 atom stereocenters. The van der Waals surface area contributed by atoms with Gasteiger partial charge in [0.1, 0.15) is 5.00 Å². The third-order valence-corrected chi connectivity index (χ3v) is 9.14. The highest BCUT2D eigenvalue weighted by atomic mass is 32.2. The van der Waals surface area contributed by atoms with Crippen LogP contribution in [0.25, 0.3) is 0 Å². The van der Waals surface area contributed by atoms with Crippen LogP contribution in [0.1, 0.15) is 71.2 Å². The highest BCUT2D eigenvalue weighted by Gasteiger charge is 2.28. The van der Waals surface area contributed by atoms with Crippen molar-refractivity contribution in [1.29, 1.82) is 0 Å². The van der Waals surface area contributed by atoms with Crippen LogP contribution in [0.2, 0.25) is 0 Å². The number of hydrogen-bond donors (Lipinski definition) is 2. The number of thiophene rings is 1. The Labute approximate surface area is 206 Å². The number of unbranched alkanes of at least 4 members (excludes halogenated alkanes) is 1. The summed E-state index contributed by atoms with van der Waals surface area (Å²) in [5, 5.41) is 3.29. The second kappa shape index (κ2) is 11.4. The van der Waals surface area contributed by atoms with Crippen LogP contribution >= 0.6 is 11.3 Å². The van der Waals surface area contributed by atoms with E-state index < -0.39 is 21.8 Å². The van der Waals surface area contributed by atoms with E-state index in [0.717, 1.165) is 55.8 Å². The molecule has 2 aromatic rings. The minimum atomic E-state index is -3.62. The van der Waals surface area contributed by atoms with Crippen molar-refractivity contribution in [2.75, 3.05) is 31.5 Å². The van der Waals surface area contributed by atoms with E-state index >= 15 is 0 Å². The van der Waals surface area contributed by atoms with Crippen molar-refractivity contribution in [2.24, 2.45) is 5.73 Å². The van der Waals surface area contributed by atoms with Gasteiger partial charge in [0.25, 0.3) is 11.8 Å². The number of primary amides is 1. The molecular formula is C24H34N4O4S2. The first-order valence-corrected chi connectivity index (χ1v) is 14.1. The fourth-order valence-electron chi connectivity index (χ4n) is 4.20. The number of anilines is 1. The molecule has 2 heterocycles. The summed E-state index contributed by atoms with van der Waals surface area (Å²) in [7, 11) is -3.62. The van der Waals surface area contributed by atoms with Gasteiger partial charge in [0.05, 0.1) is 10.5 Å². The summed E-state index contributed by atoms with van der Waals surface area (Å²) >= 11 is 1.39. The van der Waals surface area contributed by atoms with Crippen molar-refractivity contribution in [1.82, 2.24) is 9.21 Å². The van der Waals surface area contributed by atoms with Crippen molar-refractivity contribution in [3.05, 3.63) is 45.8 Å². The zero-order chi connectivity index (χ0) is 24.9. The smallest absolute Gasteiger partial charge is 0.256 e. The summed E-state index contributed by atoms with van der Waals surface area (Å²) in [4.78, 5) is 28.7. The van der Waals surface area contributed by atoms with Gasteiger partial charge in [0, 0.05) is 36.6 Å². The lowest BCUT2D eigenvalue weighted by Crippen LogP contribution is -2.31. The summed E-state index contributed by atoms with van der Waals surface area (Å²) in [6.45, 7) is 9.39. The minimum Gasteiger partial charge on any atom is -0.365 e. The number of nitrogens with zero attached hydrogens (tertiary/aromatic N) is 2. The molecule has 34 heavy (non-hydrogen) atoms. The largest absolute Gasteiger partial charge is 0.365 e. The average molecular weight is 507 g/mol. The summed E-state index contributed by atoms with van der Waals surface area (Å²) in [5.74, 6) is -0.960. The van der Waals surface area contributed by atoms with Gasteiger partial charge in [-0.15, -0.1) is 11.3 Å². The first-order chi connectivity index (χ1) is 16.2. The lowest BCUT2D eigenvalue weighted by molar-refractivity contribution is 0.1000. The molecule has 3 N–H and O–H groups in total. The van der Waals surface area contributed by atoms with Crippen LogP contribution in [-0.2, 0) is 23.0 Å². The summed E-state index contributed by atoms with van der Waals surface area (Å²) in [6, 6.07) is 5.90. The topological polar surface area (TPSA) is 113 Å². The summed E-state index contributed by atoms with van der Waals surface area (Å²) < 4.78 is 27.3.